The molecular weight excluding hydrogens is 250 g/mol. The smallest absolute Gasteiger partial charge is 0.242 e. The Labute approximate surface area is 121 Å². The summed E-state index contributed by atoms with van der Waals surface area (Å²) in [4.78, 5) is 14.0. The molecule has 0 bridgehead atoms. The maximum absolute atomic E-state index is 12.1. The van der Waals surface area contributed by atoms with E-state index < -0.39 is 0 Å². The molecule has 20 heavy (non-hydrogen) atoms. The van der Waals surface area contributed by atoms with Crippen LogP contribution in [0.5, 0.6) is 0 Å². The quantitative estimate of drug-likeness (QED) is 0.828. The van der Waals surface area contributed by atoms with Crippen LogP contribution in [0.1, 0.15) is 44.2 Å². The van der Waals surface area contributed by atoms with Gasteiger partial charge in [0.1, 0.15) is 6.54 Å². The molecule has 0 aliphatic heterocycles. The molecule has 0 saturated heterocycles. The highest BCUT2D eigenvalue weighted by Gasteiger charge is 2.32. The molecule has 0 aromatic carbocycles. The van der Waals surface area contributed by atoms with Crippen LogP contribution in [0.25, 0.3) is 0 Å². The standard InChI is InChI=1S/C16H25N3O/c1-3-17-16(12-4-5-12)13-8-9-19(10-13)11-15(20)18(2)14-6-7-14/h8-10,12,14,16-17H,3-7,11H2,1-2H3. The van der Waals surface area contributed by atoms with Gasteiger partial charge in [-0.25, -0.2) is 0 Å². The summed E-state index contributed by atoms with van der Waals surface area (Å²) >= 11 is 0. The van der Waals surface area contributed by atoms with Crippen molar-refractivity contribution in [3.63, 3.8) is 0 Å². The van der Waals surface area contributed by atoms with E-state index in [4.69, 9.17) is 0 Å². The zero-order valence-corrected chi connectivity index (χ0v) is 12.5. The second-order valence-electron chi connectivity index (χ2n) is 6.23. The summed E-state index contributed by atoms with van der Waals surface area (Å²) in [7, 11) is 1.93. The molecule has 0 radical (unpaired) electrons. The van der Waals surface area contributed by atoms with Gasteiger partial charge in [0, 0.05) is 31.5 Å². The lowest BCUT2D eigenvalue weighted by molar-refractivity contribution is -0.131. The number of carbonyl (C=O) groups excluding carboxylic acids is 1. The number of nitrogens with one attached hydrogen (secondary N) is 1. The molecule has 1 unspecified atom stereocenters. The number of hydrogen-bond acceptors (Lipinski definition) is 2. The predicted molar refractivity (Wildman–Crippen MR) is 79.4 cm³/mol. The summed E-state index contributed by atoms with van der Waals surface area (Å²) in [6.07, 6.45) is 9.18. The lowest BCUT2D eigenvalue weighted by Crippen LogP contribution is -2.31. The monoisotopic (exact) mass is 275 g/mol. The van der Waals surface area contributed by atoms with Crippen LogP contribution in [-0.4, -0.2) is 35.0 Å². The minimum Gasteiger partial charge on any atom is -0.345 e. The normalized spacial score (nSPS) is 19.9. The SMILES string of the molecule is CCNC(c1ccn(CC(=O)N(C)C2CC2)c1)C1CC1. The minimum absolute atomic E-state index is 0.223. The van der Waals surface area contributed by atoms with Crippen LogP contribution in [0, 0.1) is 5.92 Å². The Kier molecular flexibility index (Phi) is 3.83. The zero-order valence-electron chi connectivity index (χ0n) is 12.5. The van der Waals surface area contributed by atoms with Crippen molar-refractivity contribution in [2.24, 2.45) is 5.92 Å². The molecular formula is C16H25N3O. The van der Waals surface area contributed by atoms with Crippen molar-refractivity contribution in [1.82, 2.24) is 14.8 Å². The first-order valence-corrected chi connectivity index (χ1v) is 7.83. The summed E-state index contributed by atoms with van der Waals surface area (Å²) < 4.78 is 2.03. The van der Waals surface area contributed by atoms with Crippen molar-refractivity contribution in [2.75, 3.05) is 13.6 Å². The van der Waals surface area contributed by atoms with Crippen LogP contribution >= 0.6 is 0 Å². The first-order valence-electron chi connectivity index (χ1n) is 7.83. The van der Waals surface area contributed by atoms with Crippen LogP contribution in [0.3, 0.4) is 0 Å². The highest BCUT2D eigenvalue weighted by Crippen LogP contribution is 2.41. The lowest BCUT2D eigenvalue weighted by atomic mass is 10.1. The molecule has 1 aromatic rings. The van der Waals surface area contributed by atoms with Crippen molar-refractivity contribution < 1.29 is 4.79 Å². The molecule has 1 atom stereocenters. The molecule has 0 spiro atoms. The Morgan fingerprint density at radius 3 is 2.80 bits per heavy atom. The van der Waals surface area contributed by atoms with Gasteiger partial charge in [0.2, 0.25) is 5.91 Å². The van der Waals surface area contributed by atoms with E-state index in [1.54, 1.807) is 0 Å². The fraction of sp³-hybridized carbons (Fsp3) is 0.688. The van der Waals surface area contributed by atoms with Crippen molar-refractivity contribution in [3.05, 3.63) is 24.0 Å². The molecule has 1 heterocycles. The van der Waals surface area contributed by atoms with Crippen LogP contribution in [-0.2, 0) is 11.3 Å². The minimum atomic E-state index is 0.223. The van der Waals surface area contributed by atoms with Gasteiger partial charge in [-0.05, 0) is 49.8 Å². The van der Waals surface area contributed by atoms with E-state index in [0.29, 0.717) is 18.6 Å². The topological polar surface area (TPSA) is 37.3 Å². The van der Waals surface area contributed by atoms with Crippen molar-refractivity contribution in [2.45, 2.75) is 51.2 Å². The van der Waals surface area contributed by atoms with Crippen molar-refractivity contribution in [1.29, 1.82) is 0 Å². The van der Waals surface area contributed by atoms with Gasteiger partial charge in [0.25, 0.3) is 0 Å². The summed E-state index contributed by atoms with van der Waals surface area (Å²) in [5.41, 5.74) is 1.33. The summed E-state index contributed by atoms with van der Waals surface area (Å²) in [6.45, 7) is 3.62. The number of aromatic nitrogens is 1. The van der Waals surface area contributed by atoms with Gasteiger partial charge in [-0.2, -0.15) is 0 Å². The van der Waals surface area contributed by atoms with E-state index >= 15 is 0 Å². The van der Waals surface area contributed by atoms with Crippen LogP contribution in [0.2, 0.25) is 0 Å². The number of carbonyl (C=O) groups is 1. The summed E-state index contributed by atoms with van der Waals surface area (Å²) in [5.74, 6) is 1.01. The number of amides is 1. The fourth-order valence-electron chi connectivity index (χ4n) is 2.88. The first-order chi connectivity index (χ1) is 9.69. The Hall–Kier alpha value is -1.29. The van der Waals surface area contributed by atoms with Gasteiger partial charge < -0.3 is 14.8 Å². The summed E-state index contributed by atoms with van der Waals surface area (Å²) in [5, 5.41) is 3.57. The van der Waals surface area contributed by atoms with Crippen LogP contribution in [0.15, 0.2) is 18.5 Å². The van der Waals surface area contributed by atoms with Crippen LogP contribution < -0.4 is 5.32 Å². The zero-order chi connectivity index (χ0) is 14.1. The number of likely N-dealkylation sites (N-methyl/N-ethyl adjacent to an activating group) is 1. The maximum atomic E-state index is 12.1. The molecule has 1 aromatic heterocycles. The molecule has 4 nitrogen and oxygen atoms in total. The van der Waals surface area contributed by atoms with E-state index in [1.165, 1.54) is 31.2 Å². The molecule has 4 heteroatoms. The molecule has 2 aliphatic rings. The second-order valence-corrected chi connectivity index (χ2v) is 6.23. The molecule has 110 valence electrons. The van der Waals surface area contributed by atoms with Crippen molar-refractivity contribution >= 4 is 5.91 Å². The number of hydrogen-bond donors (Lipinski definition) is 1. The molecule has 3 rings (SSSR count). The van der Waals surface area contributed by atoms with Gasteiger partial charge in [0.05, 0.1) is 0 Å². The number of rotatable bonds is 7. The first kappa shape index (κ1) is 13.7. The Balaban J connectivity index is 1.61. The molecule has 1 N–H and O–H groups in total. The summed E-state index contributed by atoms with van der Waals surface area (Å²) in [6, 6.07) is 3.13. The van der Waals surface area contributed by atoms with Crippen LogP contribution in [0.4, 0.5) is 0 Å². The Bertz CT molecular complexity index is 474. The molecule has 1 amide bonds. The highest BCUT2D eigenvalue weighted by atomic mass is 16.2. The number of nitrogens with zero attached hydrogens (tertiary/aromatic N) is 2. The van der Waals surface area contributed by atoms with E-state index in [9.17, 15) is 4.79 Å². The van der Waals surface area contributed by atoms with Gasteiger partial charge in [-0.1, -0.05) is 6.92 Å². The third kappa shape index (κ3) is 3.06. The largest absolute Gasteiger partial charge is 0.345 e. The van der Waals surface area contributed by atoms with Gasteiger partial charge >= 0.3 is 0 Å². The fourth-order valence-corrected chi connectivity index (χ4v) is 2.88. The van der Waals surface area contributed by atoms with Gasteiger partial charge in [-0.3, -0.25) is 4.79 Å². The van der Waals surface area contributed by atoms with E-state index in [1.807, 2.05) is 22.7 Å². The van der Waals surface area contributed by atoms with Crippen molar-refractivity contribution in [3.8, 4) is 0 Å². The van der Waals surface area contributed by atoms with E-state index in [0.717, 1.165) is 12.5 Å². The Morgan fingerprint density at radius 1 is 1.45 bits per heavy atom. The molecule has 2 aliphatic carbocycles. The predicted octanol–water partition coefficient (Wildman–Crippen LogP) is 2.17. The third-order valence-corrected chi connectivity index (χ3v) is 4.46. The van der Waals surface area contributed by atoms with E-state index in [-0.39, 0.29) is 5.91 Å². The lowest BCUT2D eigenvalue weighted by Gasteiger charge is -2.17. The third-order valence-electron chi connectivity index (χ3n) is 4.46. The molecule has 2 saturated carbocycles. The van der Waals surface area contributed by atoms with Gasteiger partial charge in [-0.15, -0.1) is 0 Å². The average Bonchev–Trinajstić information content (AvgIpc) is 3.33. The highest BCUT2D eigenvalue weighted by molar-refractivity contribution is 5.76. The second kappa shape index (κ2) is 5.60. The van der Waals surface area contributed by atoms with Gasteiger partial charge in [0.15, 0.2) is 0 Å². The maximum Gasteiger partial charge on any atom is 0.242 e. The molecule has 2 fully saturated rings. The average molecular weight is 275 g/mol. The van der Waals surface area contributed by atoms with E-state index in [2.05, 4.69) is 24.5 Å². The Morgan fingerprint density at radius 2 is 2.20 bits per heavy atom.